The van der Waals surface area contributed by atoms with Crippen molar-refractivity contribution in [1.82, 2.24) is 9.97 Å². The number of carboxylic acid groups (broad SMARTS) is 1. The molecule has 1 aromatic heterocycles. The number of methoxy groups -OCH3 is 1. The Morgan fingerprint density at radius 2 is 1.83 bits per heavy atom. The number of anilines is 2. The van der Waals surface area contributed by atoms with E-state index in [1.807, 2.05) is 35.2 Å². The van der Waals surface area contributed by atoms with Crippen LogP contribution < -0.4 is 19.7 Å². The molecule has 0 bridgehead atoms. The number of carbonyl (C=O) groups is 1. The summed E-state index contributed by atoms with van der Waals surface area (Å²) < 4.78 is 46.1. The van der Waals surface area contributed by atoms with Gasteiger partial charge in [0, 0.05) is 31.6 Å². The molecule has 1 aliphatic rings. The number of halogens is 3. The molecule has 1 saturated heterocycles. The van der Waals surface area contributed by atoms with Crippen LogP contribution in [0.3, 0.4) is 0 Å². The average Bonchev–Trinajstić information content (AvgIpc) is 3.31. The number of carboxylic acids is 1. The fraction of sp³-hybridized carbons (Fsp3) is 0.320. The second-order valence-corrected chi connectivity index (χ2v) is 8.33. The van der Waals surface area contributed by atoms with Gasteiger partial charge in [-0.15, -0.1) is 13.2 Å². The largest absolute Gasteiger partial charge is 0.573 e. The number of hydrogen-bond acceptors (Lipinski definition) is 7. The molecule has 2 N–H and O–H groups in total. The van der Waals surface area contributed by atoms with Gasteiger partial charge in [0.25, 0.3) is 0 Å². The molecule has 2 atom stereocenters. The maximum Gasteiger partial charge on any atom is 0.573 e. The number of ether oxygens (including phenoxy) is 2. The number of rotatable bonds is 9. The van der Waals surface area contributed by atoms with Crippen LogP contribution in [-0.2, 0) is 11.2 Å². The van der Waals surface area contributed by atoms with Crippen LogP contribution in [0.1, 0.15) is 17.0 Å². The van der Waals surface area contributed by atoms with Crippen molar-refractivity contribution in [2.45, 2.75) is 18.7 Å². The first-order valence-corrected chi connectivity index (χ1v) is 11.3. The van der Waals surface area contributed by atoms with Crippen LogP contribution in [0, 0.1) is 5.92 Å². The molecule has 1 aliphatic heterocycles. The van der Waals surface area contributed by atoms with Gasteiger partial charge in [-0.3, -0.25) is 4.79 Å². The Bertz CT molecular complexity index is 1180. The first-order chi connectivity index (χ1) is 17.2. The third kappa shape index (κ3) is 6.35. The van der Waals surface area contributed by atoms with Crippen molar-refractivity contribution in [2.24, 2.45) is 5.92 Å². The van der Waals surface area contributed by atoms with Crippen molar-refractivity contribution in [3.8, 4) is 11.8 Å². The molecule has 2 aromatic carbocycles. The number of alkyl halides is 3. The Morgan fingerprint density at radius 3 is 2.47 bits per heavy atom. The smallest absolute Gasteiger partial charge is 0.481 e. The SMILES string of the molecule is COc1nc(NCCc2ccc(OC(F)(F)F)cc2)cc(N2C[C@H](C(=O)O)[C@@H](c3ccccc3)C2)n1. The fourth-order valence-corrected chi connectivity index (χ4v) is 4.23. The van der Waals surface area contributed by atoms with Crippen LogP contribution in [0.25, 0.3) is 0 Å². The first-order valence-electron chi connectivity index (χ1n) is 11.3. The van der Waals surface area contributed by atoms with Gasteiger partial charge >= 0.3 is 18.3 Å². The van der Waals surface area contributed by atoms with E-state index in [9.17, 15) is 23.1 Å². The van der Waals surface area contributed by atoms with E-state index in [1.165, 1.54) is 19.2 Å². The lowest BCUT2D eigenvalue weighted by molar-refractivity contribution is -0.274. The zero-order chi connectivity index (χ0) is 25.7. The zero-order valence-electron chi connectivity index (χ0n) is 19.4. The Kier molecular flexibility index (Phi) is 7.47. The molecule has 190 valence electrons. The summed E-state index contributed by atoms with van der Waals surface area (Å²) in [5.41, 5.74) is 1.77. The summed E-state index contributed by atoms with van der Waals surface area (Å²) in [4.78, 5) is 22.6. The number of aliphatic carboxylic acids is 1. The molecule has 0 aliphatic carbocycles. The second kappa shape index (κ2) is 10.7. The Labute approximate surface area is 205 Å². The third-order valence-electron chi connectivity index (χ3n) is 5.94. The van der Waals surface area contributed by atoms with Crippen molar-refractivity contribution in [3.05, 3.63) is 71.8 Å². The number of benzene rings is 2. The maximum absolute atomic E-state index is 12.3. The van der Waals surface area contributed by atoms with E-state index in [0.717, 1.165) is 11.1 Å². The summed E-state index contributed by atoms with van der Waals surface area (Å²) >= 11 is 0. The van der Waals surface area contributed by atoms with Crippen molar-refractivity contribution in [3.63, 3.8) is 0 Å². The van der Waals surface area contributed by atoms with Crippen LogP contribution in [0.4, 0.5) is 24.8 Å². The number of nitrogens with zero attached hydrogens (tertiary/aromatic N) is 3. The quantitative estimate of drug-likeness (QED) is 0.446. The van der Waals surface area contributed by atoms with Crippen LogP contribution in [0.15, 0.2) is 60.7 Å². The van der Waals surface area contributed by atoms with Gasteiger partial charge in [-0.2, -0.15) is 9.97 Å². The average molecular weight is 502 g/mol. The van der Waals surface area contributed by atoms with E-state index in [2.05, 4.69) is 20.0 Å². The topological polar surface area (TPSA) is 96.8 Å². The molecule has 2 heterocycles. The van der Waals surface area contributed by atoms with Gasteiger partial charge in [0.2, 0.25) is 0 Å². The molecular formula is C25H25F3N4O4. The van der Waals surface area contributed by atoms with Crippen LogP contribution in [0.5, 0.6) is 11.8 Å². The van der Waals surface area contributed by atoms with Crippen molar-refractivity contribution < 1.29 is 32.5 Å². The molecule has 4 rings (SSSR count). The highest BCUT2D eigenvalue weighted by atomic mass is 19.4. The molecule has 0 amide bonds. The van der Waals surface area contributed by atoms with Crippen molar-refractivity contribution in [2.75, 3.05) is 37.0 Å². The van der Waals surface area contributed by atoms with Gasteiger partial charge < -0.3 is 24.8 Å². The Morgan fingerprint density at radius 1 is 1.11 bits per heavy atom. The number of hydrogen-bond donors (Lipinski definition) is 2. The predicted octanol–water partition coefficient (Wildman–Crippen LogP) is 4.34. The van der Waals surface area contributed by atoms with Crippen LogP contribution >= 0.6 is 0 Å². The van der Waals surface area contributed by atoms with E-state index in [1.54, 1.807) is 18.2 Å². The molecular weight excluding hydrogens is 477 g/mol. The molecule has 0 spiro atoms. The lowest BCUT2D eigenvalue weighted by Gasteiger charge is -2.19. The van der Waals surface area contributed by atoms with Gasteiger partial charge in [-0.25, -0.2) is 0 Å². The molecule has 36 heavy (non-hydrogen) atoms. The number of aromatic nitrogens is 2. The minimum absolute atomic E-state index is 0.138. The molecule has 3 aromatic rings. The zero-order valence-corrected chi connectivity index (χ0v) is 19.4. The minimum Gasteiger partial charge on any atom is -0.481 e. The molecule has 8 nitrogen and oxygen atoms in total. The summed E-state index contributed by atoms with van der Waals surface area (Å²) in [6, 6.07) is 17.1. The van der Waals surface area contributed by atoms with Gasteiger partial charge in [-0.05, 0) is 29.7 Å². The highest BCUT2D eigenvalue weighted by molar-refractivity contribution is 5.74. The van der Waals surface area contributed by atoms with Crippen LogP contribution in [0.2, 0.25) is 0 Å². The van der Waals surface area contributed by atoms with Crippen LogP contribution in [-0.4, -0.2) is 54.2 Å². The fourth-order valence-electron chi connectivity index (χ4n) is 4.23. The number of nitrogens with one attached hydrogen (secondary N) is 1. The first kappa shape index (κ1) is 25.1. The van der Waals surface area contributed by atoms with Gasteiger partial charge in [-0.1, -0.05) is 42.5 Å². The third-order valence-corrected chi connectivity index (χ3v) is 5.94. The standard InChI is InChI=1S/C25H25F3N4O4/c1-35-24-30-21(29-12-11-16-7-9-18(10-8-16)36-25(26,27)28)13-22(31-24)32-14-19(20(15-32)23(33)34)17-5-3-2-4-6-17/h2-10,13,19-20H,11-12,14-15H2,1H3,(H,33,34)(H,29,30,31)/t19-,20+/m1/s1. The molecule has 0 saturated carbocycles. The molecule has 0 radical (unpaired) electrons. The summed E-state index contributed by atoms with van der Waals surface area (Å²) in [5.74, 6) is -0.883. The van der Waals surface area contributed by atoms with E-state index < -0.39 is 18.2 Å². The van der Waals surface area contributed by atoms with E-state index >= 15 is 0 Å². The van der Waals surface area contributed by atoms with Gasteiger partial charge in [0.1, 0.15) is 17.4 Å². The van der Waals surface area contributed by atoms with E-state index in [4.69, 9.17) is 4.74 Å². The molecule has 11 heteroatoms. The maximum atomic E-state index is 12.3. The highest BCUT2D eigenvalue weighted by Crippen LogP contribution is 2.36. The summed E-state index contributed by atoms with van der Waals surface area (Å²) in [6.07, 6.45) is -4.21. The van der Waals surface area contributed by atoms with Crippen molar-refractivity contribution in [1.29, 1.82) is 0 Å². The lowest BCUT2D eigenvalue weighted by Crippen LogP contribution is -2.24. The Hall–Kier alpha value is -4.02. The Balaban J connectivity index is 1.43. The summed E-state index contributed by atoms with van der Waals surface area (Å²) in [7, 11) is 1.45. The lowest BCUT2D eigenvalue weighted by atomic mass is 9.89. The molecule has 1 fully saturated rings. The second-order valence-electron chi connectivity index (χ2n) is 8.33. The monoisotopic (exact) mass is 502 g/mol. The summed E-state index contributed by atoms with van der Waals surface area (Å²) in [5, 5.41) is 13.0. The van der Waals surface area contributed by atoms with Gasteiger partial charge in [0.15, 0.2) is 0 Å². The van der Waals surface area contributed by atoms with E-state index in [-0.39, 0.29) is 17.7 Å². The predicted molar refractivity (Wildman–Crippen MR) is 126 cm³/mol. The molecule has 0 unspecified atom stereocenters. The van der Waals surface area contributed by atoms with Gasteiger partial charge in [0.05, 0.1) is 13.0 Å². The highest BCUT2D eigenvalue weighted by Gasteiger charge is 2.39. The summed E-state index contributed by atoms with van der Waals surface area (Å²) in [6.45, 7) is 1.22. The van der Waals surface area contributed by atoms with E-state index in [0.29, 0.717) is 37.7 Å². The van der Waals surface area contributed by atoms with Crippen molar-refractivity contribution >= 4 is 17.6 Å². The normalized spacial score (nSPS) is 17.6. The minimum atomic E-state index is -4.73.